The van der Waals surface area contributed by atoms with Crippen LogP contribution in [-0.2, 0) is 0 Å². The molecule has 1 aromatic carbocycles. The van der Waals surface area contributed by atoms with Gasteiger partial charge in [0.1, 0.15) is 0 Å². The fraction of sp³-hybridized carbons (Fsp3) is 0.625. The number of hydrogen-bond acceptors (Lipinski definition) is 3. The maximum atomic E-state index is 3.66. The SMILES string of the molecule is Cc1ccccc1C(CC1CN(C)CCN1)N(C)C. The summed E-state index contributed by atoms with van der Waals surface area (Å²) in [6.07, 6.45) is 1.17. The van der Waals surface area contributed by atoms with Crippen LogP contribution < -0.4 is 5.32 Å². The summed E-state index contributed by atoms with van der Waals surface area (Å²) in [5.74, 6) is 0. The second kappa shape index (κ2) is 6.51. The van der Waals surface area contributed by atoms with Crippen molar-refractivity contribution in [2.24, 2.45) is 0 Å². The largest absolute Gasteiger partial charge is 0.311 e. The lowest BCUT2D eigenvalue weighted by Crippen LogP contribution is -2.50. The zero-order valence-electron chi connectivity index (χ0n) is 12.7. The quantitative estimate of drug-likeness (QED) is 0.893. The molecule has 3 heteroatoms. The molecule has 0 saturated carbocycles. The van der Waals surface area contributed by atoms with E-state index >= 15 is 0 Å². The van der Waals surface area contributed by atoms with Gasteiger partial charge in [-0.3, -0.25) is 0 Å². The van der Waals surface area contributed by atoms with E-state index in [9.17, 15) is 0 Å². The Balaban J connectivity index is 2.10. The molecule has 0 aliphatic carbocycles. The third-order valence-corrected chi connectivity index (χ3v) is 4.14. The van der Waals surface area contributed by atoms with Crippen molar-refractivity contribution in [1.82, 2.24) is 15.1 Å². The molecule has 1 saturated heterocycles. The van der Waals surface area contributed by atoms with Crippen LogP contribution in [0.1, 0.15) is 23.6 Å². The van der Waals surface area contributed by atoms with Crippen molar-refractivity contribution in [2.75, 3.05) is 40.8 Å². The van der Waals surface area contributed by atoms with Crippen LogP contribution in [0.2, 0.25) is 0 Å². The fourth-order valence-electron chi connectivity index (χ4n) is 3.00. The minimum Gasteiger partial charge on any atom is -0.311 e. The summed E-state index contributed by atoms with van der Waals surface area (Å²) < 4.78 is 0. The van der Waals surface area contributed by atoms with Gasteiger partial charge in [-0.2, -0.15) is 0 Å². The molecular weight excluding hydrogens is 234 g/mol. The molecule has 0 bridgehead atoms. The summed E-state index contributed by atoms with van der Waals surface area (Å²) in [6, 6.07) is 9.84. The van der Waals surface area contributed by atoms with Crippen molar-refractivity contribution < 1.29 is 0 Å². The monoisotopic (exact) mass is 261 g/mol. The second-order valence-electron chi connectivity index (χ2n) is 5.98. The van der Waals surface area contributed by atoms with E-state index in [2.05, 4.69) is 67.4 Å². The maximum Gasteiger partial charge on any atom is 0.0359 e. The van der Waals surface area contributed by atoms with Crippen LogP contribution in [0.25, 0.3) is 0 Å². The molecule has 2 unspecified atom stereocenters. The molecule has 0 amide bonds. The first-order valence-corrected chi connectivity index (χ1v) is 7.22. The first-order valence-electron chi connectivity index (χ1n) is 7.22. The van der Waals surface area contributed by atoms with Crippen LogP contribution in [-0.4, -0.2) is 56.6 Å². The Hall–Kier alpha value is -0.900. The molecule has 3 nitrogen and oxygen atoms in total. The summed E-state index contributed by atoms with van der Waals surface area (Å²) in [7, 11) is 6.58. The van der Waals surface area contributed by atoms with Crippen LogP contribution in [0.5, 0.6) is 0 Å². The highest BCUT2D eigenvalue weighted by Crippen LogP contribution is 2.26. The van der Waals surface area contributed by atoms with Gasteiger partial charge in [-0.05, 0) is 45.6 Å². The number of benzene rings is 1. The van der Waals surface area contributed by atoms with Gasteiger partial charge >= 0.3 is 0 Å². The van der Waals surface area contributed by atoms with E-state index in [1.54, 1.807) is 0 Å². The molecule has 19 heavy (non-hydrogen) atoms. The van der Waals surface area contributed by atoms with Crippen LogP contribution in [0.3, 0.4) is 0 Å². The molecule has 1 heterocycles. The van der Waals surface area contributed by atoms with Gasteiger partial charge in [-0.25, -0.2) is 0 Å². The van der Waals surface area contributed by atoms with Crippen molar-refractivity contribution in [3.05, 3.63) is 35.4 Å². The zero-order valence-corrected chi connectivity index (χ0v) is 12.7. The topological polar surface area (TPSA) is 18.5 Å². The van der Waals surface area contributed by atoms with Gasteiger partial charge in [0.15, 0.2) is 0 Å². The first-order chi connectivity index (χ1) is 9.08. The van der Waals surface area contributed by atoms with E-state index in [0.29, 0.717) is 12.1 Å². The predicted octanol–water partition coefficient (Wildman–Crippen LogP) is 1.89. The standard InChI is InChI=1S/C16H27N3/c1-13-7-5-6-8-15(13)16(18(2)3)11-14-12-19(4)10-9-17-14/h5-8,14,16-17H,9-12H2,1-4H3. The molecule has 0 aromatic heterocycles. The van der Waals surface area contributed by atoms with Crippen LogP contribution >= 0.6 is 0 Å². The maximum absolute atomic E-state index is 3.66. The molecule has 2 atom stereocenters. The number of hydrogen-bond donors (Lipinski definition) is 1. The van der Waals surface area contributed by atoms with Gasteiger partial charge in [-0.1, -0.05) is 24.3 Å². The Bertz CT molecular complexity index is 403. The van der Waals surface area contributed by atoms with Gasteiger partial charge in [-0.15, -0.1) is 0 Å². The van der Waals surface area contributed by atoms with Gasteiger partial charge < -0.3 is 15.1 Å². The highest BCUT2D eigenvalue weighted by molar-refractivity contribution is 5.29. The van der Waals surface area contributed by atoms with Gasteiger partial charge in [0, 0.05) is 31.7 Å². The molecule has 1 aliphatic heterocycles. The number of rotatable bonds is 4. The smallest absolute Gasteiger partial charge is 0.0359 e. The van der Waals surface area contributed by atoms with Crippen molar-refractivity contribution in [2.45, 2.75) is 25.4 Å². The number of aryl methyl sites for hydroxylation is 1. The van der Waals surface area contributed by atoms with Gasteiger partial charge in [0.25, 0.3) is 0 Å². The van der Waals surface area contributed by atoms with Crippen molar-refractivity contribution in [1.29, 1.82) is 0 Å². The average Bonchev–Trinajstić information content (AvgIpc) is 2.37. The Labute approximate surface area is 117 Å². The summed E-state index contributed by atoms with van der Waals surface area (Å²) in [6.45, 7) is 5.63. The zero-order chi connectivity index (χ0) is 13.8. The van der Waals surface area contributed by atoms with E-state index in [1.165, 1.54) is 17.5 Å². The summed E-state index contributed by atoms with van der Waals surface area (Å²) in [5.41, 5.74) is 2.85. The van der Waals surface area contributed by atoms with E-state index in [4.69, 9.17) is 0 Å². The van der Waals surface area contributed by atoms with E-state index in [0.717, 1.165) is 19.6 Å². The van der Waals surface area contributed by atoms with E-state index in [1.807, 2.05) is 0 Å². The summed E-state index contributed by atoms with van der Waals surface area (Å²) >= 11 is 0. The predicted molar refractivity (Wildman–Crippen MR) is 81.5 cm³/mol. The van der Waals surface area contributed by atoms with Crippen LogP contribution in [0.15, 0.2) is 24.3 Å². The Morgan fingerprint density at radius 2 is 2.11 bits per heavy atom. The molecule has 0 spiro atoms. The van der Waals surface area contributed by atoms with Crippen molar-refractivity contribution in [3.63, 3.8) is 0 Å². The third-order valence-electron chi connectivity index (χ3n) is 4.14. The number of piperazine rings is 1. The van der Waals surface area contributed by atoms with Gasteiger partial charge in [0.2, 0.25) is 0 Å². The molecule has 1 aliphatic rings. The molecule has 1 aromatic rings. The first kappa shape index (κ1) is 14.5. The molecular formula is C16H27N3. The van der Waals surface area contributed by atoms with Crippen LogP contribution in [0.4, 0.5) is 0 Å². The van der Waals surface area contributed by atoms with E-state index < -0.39 is 0 Å². The number of nitrogens with zero attached hydrogens (tertiary/aromatic N) is 2. The minimum atomic E-state index is 0.491. The molecule has 1 fully saturated rings. The Morgan fingerprint density at radius 1 is 1.37 bits per heavy atom. The summed E-state index contributed by atoms with van der Waals surface area (Å²) in [4.78, 5) is 4.77. The minimum absolute atomic E-state index is 0.491. The van der Waals surface area contributed by atoms with Crippen molar-refractivity contribution >= 4 is 0 Å². The van der Waals surface area contributed by atoms with Gasteiger partial charge in [0.05, 0.1) is 0 Å². The lowest BCUT2D eigenvalue weighted by molar-refractivity contribution is 0.190. The molecule has 1 N–H and O–H groups in total. The molecule has 106 valence electrons. The third kappa shape index (κ3) is 3.78. The molecule has 0 radical (unpaired) electrons. The Kier molecular flexibility index (Phi) is 4.97. The van der Waals surface area contributed by atoms with Crippen molar-refractivity contribution in [3.8, 4) is 0 Å². The van der Waals surface area contributed by atoms with E-state index in [-0.39, 0.29) is 0 Å². The number of likely N-dealkylation sites (N-methyl/N-ethyl adjacent to an activating group) is 1. The second-order valence-corrected chi connectivity index (χ2v) is 5.98. The molecule has 2 rings (SSSR count). The Morgan fingerprint density at radius 3 is 2.74 bits per heavy atom. The highest BCUT2D eigenvalue weighted by Gasteiger charge is 2.23. The lowest BCUT2D eigenvalue weighted by atomic mass is 9.94. The lowest BCUT2D eigenvalue weighted by Gasteiger charge is -2.35. The highest BCUT2D eigenvalue weighted by atomic mass is 15.2. The fourth-order valence-corrected chi connectivity index (χ4v) is 3.00. The average molecular weight is 261 g/mol. The van der Waals surface area contributed by atoms with Crippen LogP contribution in [0, 0.1) is 6.92 Å². The normalized spacial score (nSPS) is 22.7. The number of nitrogens with one attached hydrogen (secondary N) is 1. The summed E-state index contributed by atoms with van der Waals surface area (Å²) in [5, 5.41) is 3.66.